The van der Waals surface area contributed by atoms with Crippen molar-refractivity contribution in [2.75, 3.05) is 19.8 Å². The molecule has 0 spiro atoms. The van der Waals surface area contributed by atoms with E-state index >= 15 is 0 Å². The van der Waals surface area contributed by atoms with E-state index in [1.54, 1.807) is 0 Å². The third kappa shape index (κ3) is 3.95. The Hall–Kier alpha value is -1.58. The summed E-state index contributed by atoms with van der Waals surface area (Å²) in [6, 6.07) is 14.3. The summed E-state index contributed by atoms with van der Waals surface area (Å²) in [5.74, 6) is 0.912. The van der Waals surface area contributed by atoms with Gasteiger partial charge < -0.3 is 14.2 Å². The van der Waals surface area contributed by atoms with Crippen molar-refractivity contribution < 1.29 is 14.2 Å². The molecule has 2 rings (SSSR count). The van der Waals surface area contributed by atoms with Crippen LogP contribution in [0.3, 0.4) is 0 Å². The largest absolute Gasteiger partial charge is 0.493 e. The van der Waals surface area contributed by atoms with Crippen molar-refractivity contribution in [1.82, 2.24) is 0 Å². The van der Waals surface area contributed by atoms with Crippen LogP contribution in [-0.2, 0) is 9.47 Å². The smallest absolute Gasteiger partial charge is 0.160 e. The molecule has 0 aliphatic heterocycles. The van der Waals surface area contributed by atoms with Gasteiger partial charge in [-0.15, -0.1) is 0 Å². The molecule has 3 heteroatoms. The molecule has 0 saturated carbocycles. The summed E-state index contributed by atoms with van der Waals surface area (Å²) in [7, 11) is 0. The van der Waals surface area contributed by atoms with E-state index in [9.17, 15) is 0 Å². The van der Waals surface area contributed by atoms with Gasteiger partial charge in [-0.2, -0.15) is 0 Å². The van der Waals surface area contributed by atoms with Gasteiger partial charge in [-0.25, -0.2) is 0 Å². The Morgan fingerprint density at radius 1 is 0.900 bits per heavy atom. The van der Waals surface area contributed by atoms with Gasteiger partial charge in [0, 0.05) is 25.0 Å². The van der Waals surface area contributed by atoms with E-state index in [1.165, 1.54) is 5.39 Å². The van der Waals surface area contributed by atoms with Crippen LogP contribution in [0, 0.1) is 0 Å². The standard InChI is InChI=1S/C17H22O3/c1-3-18-17(19-4-2)12-13-20-16-11-7-9-14-8-5-6-10-15(14)16/h5-11,17H,3-4,12-13H2,1-2H3. The zero-order valence-corrected chi connectivity index (χ0v) is 12.2. The minimum absolute atomic E-state index is 0.181. The summed E-state index contributed by atoms with van der Waals surface area (Å²) in [5, 5.41) is 2.33. The molecular weight excluding hydrogens is 252 g/mol. The first kappa shape index (κ1) is 14.8. The highest BCUT2D eigenvalue weighted by atomic mass is 16.7. The highest BCUT2D eigenvalue weighted by molar-refractivity contribution is 5.88. The zero-order valence-electron chi connectivity index (χ0n) is 12.2. The van der Waals surface area contributed by atoms with Gasteiger partial charge >= 0.3 is 0 Å². The Morgan fingerprint density at radius 3 is 2.35 bits per heavy atom. The third-order valence-corrected chi connectivity index (χ3v) is 3.07. The molecule has 0 aromatic heterocycles. The topological polar surface area (TPSA) is 27.7 Å². The van der Waals surface area contributed by atoms with Crippen LogP contribution in [-0.4, -0.2) is 26.1 Å². The van der Waals surface area contributed by atoms with Gasteiger partial charge in [0.05, 0.1) is 6.61 Å². The van der Waals surface area contributed by atoms with Crippen molar-refractivity contribution in [2.45, 2.75) is 26.6 Å². The summed E-state index contributed by atoms with van der Waals surface area (Å²) in [6.45, 7) is 5.83. The summed E-state index contributed by atoms with van der Waals surface area (Å²) < 4.78 is 16.9. The molecule has 0 heterocycles. The normalized spacial score (nSPS) is 11.2. The molecule has 0 fully saturated rings. The van der Waals surface area contributed by atoms with Crippen LogP contribution in [0.1, 0.15) is 20.3 Å². The van der Waals surface area contributed by atoms with E-state index in [0.717, 1.165) is 17.6 Å². The average Bonchev–Trinajstić information content (AvgIpc) is 2.48. The number of ether oxygens (including phenoxy) is 3. The Labute approximate surface area is 120 Å². The second-order valence-electron chi connectivity index (χ2n) is 4.45. The van der Waals surface area contributed by atoms with Crippen molar-refractivity contribution in [1.29, 1.82) is 0 Å². The summed E-state index contributed by atoms with van der Waals surface area (Å²) in [6.07, 6.45) is 0.547. The maximum absolute atomic E-state index is 5.88. The third-order valence-electron chi connectivity index (χ3n) is 3.07. The van der Waals surface area contributed by atoms with E-state index in [0.29, 0.717) is 19.8 Å². The van der Waals surface area contributed by atoms with Crippen LogP contribution in [0.25, 0.3) is 10.8 Å². The van der Waals surface area contributed by atoms with Crippen LogP contribution in [0.5, 0.6) is 5.75 Å². The molecule has 0 aliphatic rings. The Kier molecular flexibility index (Phi) is 5.84. The summed E-state index contributed by atoms with van der Waals surface area (Å²) in [4.78, 5) is 0. The Morgan fingerprint density at radius 2 is 1.60 bits per heavy atom. The minimum atomic E-state index is -0.181. The molecule has 3 nitrogen and oxygen atoms in total. The molecule has 0 saturated heterocycles. The maximum atomic E-state index is 5.88. The number of benzene rings is 2. The van der Waals surface area contributed by atoms with Crippen LogP contribution in [0.4, 0.5) is 0 Å². The predicted octanol–water partition coefficient (Wildman–Crippen LogP) is 4.01. The fourth-order valence-corrected chi connectivity index (χ4v) is 2.17. The summed E-state index contributed by atoms with van der Waals surface area (Å²) in [5.41, 5.74) is 0. The van der Waals surface area contributed by atoms with Crippen molar-refractivity contribution >= 4 is 10.8 Å². The Bertz CT molecular complexity index is 513. The monoisotopic (exact) mass is 274 g/mol. The fraction of sp³-hybridized carbons (Fsp3) is 0.412. The SMILES string of the molecule is CCOC(CCOc1cccc2ccccc12)OCC. The van der Waals surface area contributed by atoms with Gasteiger partial charge in [-0.1, -0.05) is 36.4 Å². The van der Waals surface area contributed by atoms with Crippen molar-refractivity contribution in [2.24, 2.45) is 0 Å². The lowest BCUT2D eigenvalue weighted by Crippen LogP contribution is -2.20. The second-order valence-corrected chi connectivity index (χ2v) is 4.45. The van der Waals surface area contributed by atoms with Crippen LogP contribution < -0.4 is 4.74 Å². The molecule has 20 heavy (non-hydrogen) atoms. The van der Waals surface area contributed by atoms with Crippen LogP contribution in [0.2, 0.25) is 0 Å². The van der Waals surface area contributed by atoms with E-state index < -0.39 is 0 Å². The Balaban J connectivity index is 1.95. The molecule has 0 atom stereocenters. The van der Waals surface area contributed by atoms with Crippen molar-refractivity contribution in [3.05, 3.63) is 42.5 Å². The van der Waals surface area contributed by atoms with E-state index in [2.05, 4.69) is 18.2 Å². The number of hydrogen-bond acceptors (Lipinski definition) is 3. The highest BCUT2D eigenvalue weighted by Crippen LogP contribution is 2.25. The molecule has 0 amide bonds. The predicted molar refractivity (Wildman–Crippen MR) is 81.1 cm³/mol. The molecule has 2 aromatic rings. The summed E-state index contributed by atoms with van der Waals surface area (Å²) >= 11 is 0. The number of rotatable bonds is 8. The molecular formula is C17H22O3. The first-order valence-electron chi connectivity index (χ1n) is 7.19. The molecule has 2 aromatic carbocycles. The van der Waals surface area contributed by atoms with Crippen LogP contribution in [0.15, 0.2) is 42.5 Å². The fourth-order valence-electron chi connectivity index (χ4n) is 2.17. The van der Waals surface area contributed by atoms with Gasteiger partial charge in [0.1, 0.15) is 5.75 Å². The zero-order chi connectivity index (χ0) is 14.2. The van der Waals surface area contributed by atoms with Gasteiger partial charge in [-0.3, -0.25) is 0 Å². The maximum Gasteiger partial charge on any atom is 0.160 e. The molecule has 0 aliphatic carbocycles. The molecule has 0 N–H and O–H groups in total. The average molecular weight is 274 g/mol. The second kappa shape index (κ2) is 7.88. The van der Waals surface area contributed by atoms with Gasteiger partial charge in [-0.05, 0) is 25.3 Å². The van der Waals surface area contributed by atoms with Crippen molar-refractivity contribution in [3.63, 3.8) is 0 Å². The van der Waals surface area contributed by atoms with Gasteiger partial charge in [0.15, 0.2) is 6.29 Å². The van der Waals surface area contributed by atoms with Crippen molar-refractivity contribution in [3.8, 4) is 5.75 Å². The highest BCUT2D eigenvalue weighted by Gasteiger charge is 2.08. The molecule has 0 radical (unpaired) electrons. The van der Waals surface area contributed by atoms with Gasteiger partial charge in [0.25, 0.3) is 0 Å². The molecule has 0 unspecified atom stereocenters. The minimum Gasteiger partial charge on any atom is -0.493 e. The van der Waals surface area contributed by atoms with Gasteiger partial charge in [0.2, 0.25) is 0 Å². The lowest BCUT2D eigenvalue weighted by atomic mass is 10.1. The first-order chi connectivity index (χ1) is 9.85. The molecule has 108 valence electrons. The van der Waals surface area contributed by atoms with Crippen LogP contribution >= 0.6 is 0 Å². The van der Waals surface area contributed by atoms with E-state index in [-0.39, 0.29) is 6.29 Å². The first-order valence-corrected chi connectivity index (χ1v) is 7.19. The molecule has 0 bridgehead atoms. The quantitative estimate of drug-likeness (QED) is 0.681. The lowest BCUT2D eigenvalue weighted by molar-refractivity contribution is -0.142. The number of hydrogen-bond donors (Lipinski definition) is 0. The van der Waals surface area contributed by atoms with E-state index in [4.69, 9.17) is 14.2 Å². The number of fused-ring (bicyclic) bond motifs is 1. The van der Waals surface area contributed by atoms with E-state index in [1.807, 2.05) is 38.1 Å². The lowest BCUT2D eigenvalue weighted by Gasteiger charge is -2.17.